The Labute approximate surface area is 194 Å². The first-order valence-corrected chi connectivity index (χ1v) is 10.7. The van der Waals surface area contributed by atoms with Gasteiger partial charge < -0.3 is 24.3 Å². The molecule has 33 heavy (non-hydrogen) atoms. The van der Waals surface area contributed by atoms with Crippen LogP contribution in [-0.4, -0.2) is 27.9 Å². The molecule has 1 aliphatic heterocycles. The minimum absolute atomic E-state index is 0.0122. The largest absolute Gasteiger partial charge is 0.507 e. The van der Waals surface area contributed by atoms with Crippen molar-refractivity contribution >= 4 is 40.0 Å². The van der Waals surface area contributed by atoms with E-state index in [1.807, 2.05) is 18.2 Å². The van der Waals surface area contributed by atoms with E-state index < -0.39 is 5.91 Å². The number of carbonyl (C=O) groups is 1. The number of carbonyl (C=O) groups excluding carboxylic acids is 1. The van der Waals surface area contributed by atoms with E-state index in [1.54, 1.807) is 30.3 Å². The van der Waals surface area contributed by atoms with Crippen molar-refractivity contribution in [1.82, 2.24) is 10.3 Å². The first-order valence-electron chi connectivity index (χ1n) is 10.2. The quantitative estimate of drug-likeness (QED) is 0.299. The molecule has 0 saturated heterocycles. The maximum absolute atomic E-state index is 12.5. The molecular weight excluding hydrogens is 442 g/mol. The van der Waals surface area contributed by atoms with Crippen LogP contribution in [0, 0.1) is 0 Å². The fourth-order valence-electron chi connectivity index (χ4n) is 3.47. The number of aryl methyl sites for hydroxylation is 1. The Bertz CT molecular complexity index is 1400. The molecule has 0 atom stereocenters. The lowest BCUT2D eigenvalue weighted by Gasteiger charge is -2.11. The second kappa shape index (κ2) is 8.44. The number of nitrogens with zero attached hydrogens (tertiary/aromatic N) is 1. The minimum atomic E-state index is -0.393. The van der Waals surface area contributed by atoms with Crippen LogP contribution in [0.2, 0.25) is 0 Å². The number of oxazole rings is 1. The highest BCUT2D eigenvalue weighted by Crippen LogP contribution is 2.34. The van der Waals surface area contributed by atoms with E-state index in [0.717, 1.165) is 12.0 Å². The van der Waals surface area contributed by atoms with Crippen molar-refractivity contribution in [3.8, 4) is 28.7 Å². The average molecular weight is 461 g/mol. The number of rotatable bonds is 4. The fraction of sp³-hybridized carbons (Fsp3) is 0.125. The fourth-order valence-corrected chi connectivity index (χ4v) is 3.68. The molecule has 0 radical (unpaired) electrons. The zero-order chi connectivity index (χ0) is 22.9. The van der Waals surface area contributed by atoms with E-state index >= 15 is 0 Å². The third-order valence-corrected chi connectivity index (χ3v) is 5.41. The molecule has 0 saturated carbocycles. The van der Waals surface area contributed by atoms with Crippen molar-refractivity contribution < 1.29 is 23.8 Å². The molecule has 5 rings (SSSR count). The van der Waals surface area contributed by atoms with Crippen LogP contribution in [0.15, 0.2) is 59.0 Å². The van der Waals surface area contributed by atoms with Gasteiger partial charge in [0.25, 0.3) is 5.91 Å². The molecule has 1 amide bonds. The standard InChI is InChI=1S/C24H19N3O5S/c1-2-13-3-7-19-17(9-13)26-23(32-19)16-11-15(5-6-18(16)28)25-24(33)27-22(29)14-4-8-20-21(10-14)31-12-30-20/h3-11,28H,2,12H2,1H3,(H2,25,27,29,33). The molecule has 1 aromatic heterocycles. The summed E-state index contributed by atoms with van der Waals surface area (Å²) >= 11 is 5.28. The summed E-state index contributed by atoms with van der Waals surface area (Å²) in [4.78, 5) is 17.0. The van der Waals surface area contributed by atoms with Gasteiger partial charge in [-0.05, 0) is 72.7 Å². The van der Waals surface area contributed by atoms with Crippen LogP contribution in [0.25, 0.3) is 22.6 Å². The highest BCUT2D eigenvalue weighted by Gasteiger charge is 2.18. The number of aromatic hydroxyl groups is 1. The predicted octanol–water partition coefficient (Wildman–Crippen LogP) is 4.62. The number of fused-ring (bicyclic) bond motifs is 2. The highest BCUT2D eigenvalue weighted by atomic mass is 32.1. The molecule has 0 unspecified atom stereocenters. The lowest BCUT2D eigenvalue weighted by molar-refractivity contribution is 0.0977. The molecular formula is C24H19N3O5S. The van der Waals surface area contributed by atoms with Crippen molar-refractivity contribution in [1.29, 1.82) is 0 Å². The van der Waals surface area contributed by atoms with Gasteiger partial charge in [0.15, 0.2) is 22.2 Å². The van der Waals surface area contributed by atoms with Crippen molar-refractivity contribution in [3.05, 3.63) is 65.7 Å². The topological polar surface area (TPSA) is 106 Å². The van der Waals surface area contributed by atoms with Gasteiger partial charge in [-0.1, -0.05) is 13.0 Å². The molecule has 3 aromatic carbocycles. The van der Waals surface area contributed by atoms with Crippen molar-refractivity contribution in [2.45, 2.75) is 13.3 Å². The SMILES string of the molecule is CCc1ccc2oc(-c3cc(NC(=S)NC(=O)c4ccc5c(c4)OCO5)ccc3O)nc2c1. The number of phenolic OH excluding ortho intramolecular Hbond substituents is 1. The van der Waals surface area contributed by atoms with Crippen molar-refractivity contribution in [2.24, 2.45) is 0 Å². The molecule has 0 fully saturated rings. The normalized spacial score (nSPS) is 12.0. The van der Waals surface area contributed by atoms with E-state index in [1.165, 1.54) is 6.07 Å². The van der Waals surface area contributed by atoms with E-state index in [2.05, 4.69) is 22.5 Å². The Morgan fingerprint density at radius 3 is 2.79 bits per heavy atom. The first-order chi connectivity index (χ1) is 16.0. The average Bonchev–Trinajstić information content (AvgIpc) is 3.45. The van der Waals surface area contributed by atoms with Gasteiger partial charge in [0, 0.05) is 11.3 Å². The van der Waals surface area contributed by atoms with Gasteiger partial charge in [0.05, 0.1) is 5.56 Å². The van der Waals surface area contributed by atoms with Crippen LogP contribution in [0.3, 0.4) is 0 Å². The number of phenols is 1. The summed E-state index contributed by atoms with van der Waals surface area (Å²) < 4.78 is 16.4. The molecule has 1 aliphatic rings. The Balaban J connectivity index is 1.32. The van der Waals surface area contributed by atoms with Gasteiger partial charge in [-0.25, -0.2) is 4.98 Å². The highest BCUT2D eigenvalue weighted by molar-refractivity contribution is 7.80. The summed E-state index contributed by atoms with van der Waals surface area (Å²) in [6.07, 6.45) is 0.887. The summed E-state index contributed by atoms with van der Waals surface area (Å²) in [6.45, 7) is 2.20. The molecule has 0 bridgehead atoms. The number of hydrogen-bond acceptors (Lipinski definition) is 7. The van der Waals surface area contributed by atoms with E-state index in [0.29, 0.717) is 39.4 Å². The van der Waals surface area contributed by atoms with Gasteiger partial charge >= 0.3 is 0 Å². The number of aromatic nitrogens is 1. The van der Waals surface area contributed by atoms with Gasteiger partial charge in [0.2, 0.25) is 12.7 Å². The molecule has 0 spiro atoms. The van der Waals surface area contributed by atoms with Gasteiger partial charge in [0.1, 0.15) is 11.3 Å². The molecule has 9 heteroatoms. The zero-order valence-corrected chi connectivity index (χ0v) is 18.4. The Kier molecular flexibility index (Phi) is 5.31. The summed E-state index contributed by atoms with van der Waals surface area (Å²) in [5, 5.41) is 16.0. The number of nitrogens with one attached hydrogen (secondary N) is 2. The maximum Gasteiger partial charge on any atom is 0.257 e. The smallest absolute Gasteiger partial charge is 0.257 e. The van der Waals surface area contributed by atoms with Crippen LogP contribution in [0.4, 0.5) is 5.69 Å². The first kappa shape index (κ1) is 20.8. The van der Waals surface area contributed by atoms with E-state index in [4.69, 9.17) is 26.1 Å². The lowest BCUT2D eigenvalue weighted by Crippen LogP contribution is -2.34. The van der Waals surface area contributed by atoms with Crippen LogP contribution >= 0.6 is 12.2 Å². The van der Waals surface area contributed by atoms with Crippen molar-refractivity contribution in [3.63, 3.8) is 0 Å². The summed E-state index contributed by atoms with van der Waals surface area (Å²) in [7, 11) is 0. The van der Waals surface area contributed by atoms with Crippen LogP contribution < -0.4 is 20.1 Å². The monoisotopic (exact) mass is 461 g/mol. The third-order valence-electron chi connectivity index (χ3n) is 5.21. The number of thiocarbonyl (C=S) groups is 1. The molecule has 166 valence electrons. The summed E-state index contributed by atoms with van der Waals surface area (Å²) in [5.74, 6) is 1.01. The van der Waals surface area contributed by atoms with Crippen LogP contribution in [0.5, 0.6) is 17.2 Å². The number of amides is 1. The third kappa shape index (κ3) is 4.18. The van der Waals surface area contributed by atoms with E-state index in [9.17, 15) is 9.90 Å². The number of hydrogen-bond donors (Lipinski definition) is 3. The second-order valence-corrected chi connectivity index (χ2v) is 7.79. The molecule has 8 nitrogen and oxygen atoms in total. The molecule has 3 N–H and O–H groups in total. The number of ether oxygens (including phenoxy) is 2. The molecule has 2 heterocycles. The zero-order valence-electron chi connectivity index (χ0n) is 17.5. The van der Waals surface area contributed by atoms with Crippen molar-refractivity contribution in [2.75, 3.05) is 12.1 Å². The van der Waals surface area contributed by atoms with Crippen LogP contribution in [-0.2, 0) is 6.42 Å². The maximum atomic E-state index is 12.5. The Hall–Kier alpha value is -4.11. The molecule has 0 aliphatic carbocycles. The van der Waals surface area contributed by atoms with Gasteiger partial charge in [-0.3, -0.25) is 10.1 Å². The summed E-state index contributed by atoms with van der Waals surface area (Å²) in [5.41, 5.74) is 3.83. The summed E-state index contributed by atoms with van der Waals surface area (Å²) in [6, 6.07) is 15.5. The van der Waals surface area contributed by atoms with Gasteiger partial charge in [-0.2, -0.15) is 0 Å². The predicted molar refractivity (Wildman–Crippen MR) is 127 cm³/mol. The Morgan fingerprint density at radius 1 is 1.09 bits per heavy atom. The van der Waals surface area contributed by atoms with Crippen LogP contribution in [0.1, 0.15) is 22.8 Å². The van der Waals surface area contributed by atoms with Gasteiger partial charge in [-0.15, -0.1) is 0 Å². The Morgan fingerprint density at radius 2 is 1.94 bits per heavy atom. The minimum Gasteiger partial charge on any atom is -0.507 e. The van der Waals surface area contributed by atoms with E-state index in [-0.39, 0.29) is 23.5 Å². The molecule has 4 aromatic rings. The second-order valence-electron chi connectivity index (χ2n) is 7.38. The number of anilines is 1. The number of benzene rings is 3. The lowest BCUT2D eigenvalue weighted by atomic mass is 10.1.